The van der Waals surface area contributed by atoms with Gasteiger partial charge in [-0.25, -0.2) is 8.42 Å². The van der Waals surface area contributed by atoms with Crippen LogP contribution < -0.4 is 5.32 Å². The Bertz CT molecular complexity index is 592. The molecule has 1 saturated heterocycles. The molecule has 0 radical (unpaired) electrons. The van der Waals surface area contributed by atoms with E-state index in [1.165, 1.54) is 10.4 Å². The van der Waals surface area contributed by atoms with Crippen molar-refractivity contribution in [1.29, 1.82) is 5.26 Å². The molecule has 0 spiro atoms. The average molecular weight is 279 g/mol. The summed E-state index contributed by atoms with van der Waals surface area (Å²) in [5.41, 5.74) is 0.368. The molecule has 6 heteroatoms. The number of sulfonamides is 1. The highest BCUT2D eigenvalue weighted by molar-refractivity contribution is 7.89. The van der Waals surface area contributed by atoms with Crippen molar-refractivity contribution >= 4 is 10.0 Å². The number of nitrogens with one attached hydrogen (secondary N) is 1. The molecular formula is C13H17N3O2S. The lowest BCUT2D eigenvalue weighted by Crippen LogP contribution is -2.30. The maximum absolute atomic E-state index is 12.4. The molecule has 0 aliphatic carbocycles. The van der Waals surface area contributed by atoms with Crippen molar-refractivity contribution < 1.29 is 8.42 Å². The maximum atomic E-state index is 12.4. The van der Waals surface area contributed by atoms with Crippen LogP contribution in [-0.2, 0) is 10.0 Å². The Kier molecular flexibility index (Phi) is 4.20. The molecule has 1 N–H and O–H groups in total. The van der Waals surface area contributed by atoms with Gasteiger partial charge in [-0.1, -0.05) is 6.07 Å². The van der Waals surface area contributed by atoms with Crippen LogP contribution in [0.1, 0.15) is 12.0 Å². The van der Waals surface area contributed by atoms with E-state index in [0.29, 0.717) is 24.6 Å². The Morgan fingerprint density at radius 2 is 2.32 bits per heavy atom. The Labute approximate surface area is 113 Å². The van der Waals surface area contributed by atoms with Gasteiger partial charge in [-0.15, -0.1) is 0 Å². The normalized spacial score (nSPS) is 20.3. The topological polar surface area (TPSA) is 73.2 Å². The molecule has 102 valence electrons. The summed E-state index contributed by atoms with van der Waals surface area (Å²) in [6.07, 6.45) is 0.873. The first-order valence-corrected chi connectivity index (χ1v) is 7.67. The Hall–Kier alpha value is -1.42. The van der Waals surface area contributed by atoms with Crippen LogP contribution in [0.15, 0.2) is 29.2 Å². The van der Waals surface area contributed by atoms with E-state index in [-0.39, 0.29) is 4.90 Å². The van der Waals surface area contributed by atoms with Crippen LogP contribution in [0.3, 0.4) is 0 Å². The predicted molar refractivity (Wildman–Crippen MR) is 71.9 cm³/mol. The highest BCUT2D eigenvalue weighted by Gasteiger charge is 2.32. The van der Waals surface area contributed by atoms with Crippen molar-refractivity contribution in [2.24, 2.45) is 5.92 Å². The largest absolute Gasteiger partial charge is 0.319 e. The van der Waals surface area contributed by atoms with Crippen LogP contribution >= 0.6 is 0 Å². The quantitative estimate of drug-likeness (QED) is 0.884. The second-order valence-electron chi connectivity index (χ2n) is 4.72. The van der Waals surface area contributed by atoms with Gasteiger partial charge in [0, 0.05) is 13.1 Å². The lowest BCUT2D eigenvalue weighted by atomic mass is 10.1. The van der Waals surface area contributed by atoms with Gasteiger partial charge in [0.1, 0.15) is 0 Å². The first-order chi connectivity index (χ1) is 9.07. The smallest absolute Gasteiger partial charge is 0.243 e. The molecule has 1 fully saturated rings. The van der Waals surface area contributed by atoms with Crippen LogP contribution in [0.2, 0.25) is 0 Å². The van der Waals surface area contributed by atoms with E-state index in [1.54, 1.807) is 18.2 Å². The molecule has 1 aliphatic rings. The van der Waals surface area contributed by atoms with Crippen molar-refractivity contribution in [3.8, 4) is 6.07 Å². The second kappa shape index (κ2) is 5.70. The summed E-state index contributed by atoms with van der Waals surface area (Å²) in [6.45, 7) is 1.91. The van der Waals surface area contributed by atoms with Crippen LogP contribution in [-0.4, -0.2) is 39.4 Å². The third-order valence-electron chi connectivity index (χ3n) is 3.34. The van der Waals surface area contributed by atoms with E-state index in [4.69, 9.17) is 5.26 Å². The van der Waals surface area contributed by atoms with E-state index in [9.17, 15) is 8.42 Å². The van der Waals surface area contributed by atoms with Gasteiger partial charge in [-0.3, -0.25) is 0 Å². The summed E-state index contributed by atoms with van der Waals surface area (Å²) in [5.74, 6) is 0.360. The fourth-order valence-corrected chi connectivity index (χ4v) is 3.92. The molecule has 0 aromatic heterocycles. The van der Waals surface area contributed by atoms with Gasteiger partial charge in [0.2, 0.25) is 10.0 Å². The minimum atomic E-state index is -3.47. The summed E-state index contributed by atoms with van der Waals surface area (Å²) < 4.78 is 26.4. The molecule has 1 heterocycles. The highest BCUT2D eigenvalue weighted by atomic mass is 32.2. The Morgan fingerprint density at radius 3 is 3.00 bits per heavy atom. The minimum absolute atomic E-state index is 0.205. The van der Waals surface area contributed by atoms with E-state index < -0.39 is 10.0 Å². The summed E-state index contributed by atoms with van der Waals surface area (Å²) in [7, 11) is -1.60. The third kappa shape index (κ3) is 2.95. The van der Waals surface area contributed by atoms with Crippen molar-refractivity contribution in [3.05, 3.63) is 29.8 Å². The van der Waals surface area contributed by atoms with Crippen LogP contribution in [0.5, 0.6) is 0 Å². The molecule has 1 atom stereocenters. The summed E-state index contributed by atoms with van der Waals surface area (Å²) in [4.78, 5) is 0.205. The van der Waals surface area contributed by atoms with E-state index in [0.717, 1.165) is 13.0 Å². The fraction of sp³-hybridized carbons (Fsp3) is 0.462. The van der Waals surface area contributed by atoms with Gasteiger partial charge in [0.05, 0.1) is 16.5 Å². The van der Waals surface area contributed by atoms with Crippen molar-refractivity contribution in [3.63, 3.8) is 0 Å². The van der Waals surface area contributed by atoms with Gasteiger partial charge in [-0.2, -0.15) is 9.57 Å². The summed E-state index contributed by atoms with van der Waals surface area (Å²) in [5, 5.41) is 11.9. The van der Waals surface area contributed by atoms with Gasteiger partial charge in [-0.05, 0) is 44.1 Å². The zero-order valence-corrected chi connectivity index (χ0v) is 11.7. The van der Waals surface area contributed by atoms with Crippen molar-refractivity contribution in [1.82, 2.24) is 9.62 Å². The minimum Gasteiger partial charge on any atom is -0.319 e. The lowest BCUT2D eigenvalue weighted by Gasteiger charge is -2.16. The average Bonchev–Trinajstić information content (AvgIpc) is 2.88. The fourth-order valence-electron chi connectivity index (χ4n) is 2.35. The lowest BCUT2D eigenvalue weighted by molar-refractivity contribution is 0.451. The molecule has 0 saturated carbocycles. The van der Waals surface area contributed by atoms with Crippen LogP contribution in [0.25, 0.3) is 0 Å². The molecule has 19 heavy (non-hydrogen) atoms. The number of hydrogen-bond donors (Lipinski definition) is 1. The highest BCUT2D eigenvalue weighted by Crippen LogP contribution is 2.24. The van der Waals surface area contributed by atoms with Gasteiger partial charge in [0.25, 0.3) is 0 Å². The van der Waals surface area contributed by atoms with Gasteiger partial charge < -0.3 is 5.32 Å². The number of nitrogens with zero attached hydrogens (tertiary/aromatic N) is 2. The van der Waals surface area contributed by atoms with E-state index >= 15 is 0 Å². The number of rotatable bonds is 4. The molecule has 1 aromatic carbocycles. The second-order valence-corrected chi connectivity index (χ2v) is 6.65. The number of hydrogen-bond acceptors (Lipinski definition) is 4. The molecule has 0 bridgehead atoms. The van der Waals surface area contributed by atoms with E-state index in [1.807, 2.05) is 13.1 Å². The van der Waals surface area contributed by atoms with Crippen LogP contribution in [0, 0.1) is 17.2 Å². The molecule has 2 rings (SSSR count). The molecule has 1 unspecified atom stereocenters. The molecular weight excluding hydrogens is 262 g/mol. The van der Waals surface area contributed by atoms with Crippen molar-refractivity contribution in [2.75, 3.05) is 26.7 Å². The van der Waals surface area contributed by atoms with Gasteiger partial charge >= 0.3 is 0 Å². The Morgan fingerprint density at radius 1 is 1.53 bits per heavy atom. The maximum Gasteiger partial charge on any atom is 0.243 e. The van der Waals surface area contributed by atoms with Crippen molar-refractivity contribution in [2.45, 2.75) is 11.3 Å². The predicted octanol–water partition coefficient (Wildman–Crippen LogP) is 0.788. The molecule has 1 aliphatic heterocycles. The zero-order valence-electron chi connectivity index (χ0n) is 10.8. The molecule has 1 aromatic rings. The Balaban J connectivity index is 2.21. The first kappa shape index (κ1) is 14.0. The first-order valence-electron chi connectivity index (χ1n) is 6.23. The monoisotopic (exact) mass is 279 g/mol. The number of nitriles is 1. The zero-order chi connectivity index (χ0) is 13.9. The molecule has 0 amide bonds. The standard InChI is InChI=1S/C13H17N3O2S/c1-15-9-12-5-6-16(10-12)19(17,18)13-4-2-3-11(7-13)8-14/h2-4,7,12,15H,5-6,9-10H2,1H3. The van der Waals surface area contributed by atoms with Crippen LogP contribution in [0.4, 0.5) is 0 Å². The van der Waals surface area contributed by atoms with E-state index in [2.05, 4.69) is 5.32 Å². The molecule has 5 nitrogen and oxygen atoms in total. The summed E-state index contributed by atoms with van der Waals surface area (Å²) in [6, 6.07) is 8.15. The third-order valence-corrected chi connectivity index (χ3v) is 5.20. The summed E-state index contributed by atoms with van der Waals surface area (Å²) >= 11 is 0. The number of benzene rings is 1. The SMILES string of the molecule is CNCC1CCN(S(=O)(=O)c2cccc(C#N)c2)C1. The van der Waals surface area contributed by atoms with Gasteiger partial charge in [0.15, 0.2) is 0 Å².